The highest BCUT2D eigenvalue weighted by molar-refractivity contribution is 4.93. The molecule has 2 unspecified atom stereocenters. The second kappa shape index (κ2) is 4.17. The molecule has 0 aromatic carbocycles. The molecule has 1 aliphatic heterocycles. The molecule has 1 saturated carbocycles. The quantitative estimate of drug-likeness (QED) is 0.687. The van der Waals surface area contributed by atoms with Crippen LogP contribution in [0.4, 0.5) is 0 Å². The predicted molar refractivity (Wildman–Crippen MR) is 55.1 cm³/mol. The molecule has 0 aromatic rings. The third kappa shape index (κ3) is 2.27. The number of aliphatic hydroxyl groups excluding tert-OH is 1. The molecule has 1 heterocycles. The van der Waals surface area contributed by atoms with Crippen LogP contribution in [0.25, 0.3) is 0 Å². The lowest BCUT2D eigenvalue weighted by Crippen LogP contribution is -2.52. The Morgan fingerprint density at radius 3 is 2.71 bits per heavy atom. The third-order valence-corrected chi connectivity index (χ3v) is 3.65. The molecule has 3 nitrogen and oxygen atoms in total. The number of hydrogen-bond acceptors (Lipinski definition) is 3. The molecule has 0 radical (unpaired) electrons. The van der Waals surface area contributed by atoms with Crippen LogP contribution in [0.3, 0.4) is 0 Å². The van der Waals surface area contributed by atoms with Gasteiger partial charge < -0.3 is 15.2 Å². The smallest absolute Gasteiger partial charge is 0.0614 e. The molecule has 14 heavy (non-hydrogen) atoms. The van der Waals surface area contributed by atoms with Gasteiger partial charge in [-0.25, -0.2) is 0 Å². The molecular formula is C11H21NO2. The maximum Gasteiger partial charge on any atom is 0.0614 e. The van der Waals surface area contributed by atoms with Gasteiger partial charge in [-0.3, -0.25) is 0 Å². The number of ether oxygens (including phenoxy) is 1. The second-order valence-electron chi connectivity index (χ2n) is 4.96. The summed E-state index contributed by atoms with van der Waals surface area (Å²) < 4.78 is 5.38. The first-order valence-corrected chi connectivity index (χ1v) is 5.68. The van der Waals surface area contributed by atoms with E-state index in [0.29, 0.717) is 5.92 Å². The van der Waals surface area contributed by atoms with Crippen LogP contribution in [0.5, 0.6) is 0 Å². The maximum absolute atomic E-state index is 9.46. The van der Waals surface area contributed by atoms with Crippen molar-refractivity contribution >= 4 is 0 Å². The first-order chi connectivity index (χ1) is 6.74. The Morgan fingerprint density at radius 2 is 2.21 bits per heavy atom. The fourth-order valence-electron chi connectivity index (χ4n) is 2.07. The van der Waals surface area contributed by atoms with Crippen LogP contribution >= 0.6 is 0 Å². The minimum atomic E-state index is -0.126. The van der Waals surface area contributed by atoms with E-state index >= 15 is 0 Å². The molecule has 82 valence electrons. The van der Waals surface area contributed by atoms with Gasteiger partial charge in [-0.2, -0.15) is 0 Å². The van der Waals surface area contributed by atoms with Gasteiger partial charge in [-0.05, 0) is 38.6 Å². The Kier molecular flexibility index (Phi) is 3.10. The van der Waals surface area contributed by atoms with E-state index in [1.807, 2.05) is 0 Å². The topological polar surface area (TPSA) is 41.5 Å². The molecule has 2 rings (SSSR count). The van der Waals surface area contributed by atoms with E-state index < -0.39 is 0 Å². The number of aliphatic hydroxyl groups is 1. The molecule has 1 saturated heterocycles. The number of rotatable bonds is 5. The van der Waals surface area contributed by atoms with Crippen LogP contribution in [0.1, 0.15) is 26.2 Å². The summed E-state index contributed by atoms with van der Waals surface area (Å²) >= 11 is 0. The molecule has 2 aliphatic rings. The standard InChI is InChI=1S/C11H21NO2/c1-11(8-13,10-4-5-14-7-10)12-6-9-2-3-9/h9-10,12-13H,2-8H2,1H3. The highest BCUT2D eigenvalue weighted by Gasteiger charge is 2.37. The molecule has 2 fully saturated rings. The third-order valence-electron chi connectivity index (χ3n) is 3.65. The van der Waals surface area contributed by atoms with E-state index in [1.54, 1.807) is 0 Å². The van der Waals surface area contributed by atoms with Crippen LogP contribution in [-0.4, -0.2) is 37.0 Å². The molecule has 1 aliphatic carbocycles. The molecule has 3 heteroatoms. The number of hydrogen-bond donors (Lipinski definition) is 2. The molecule has 2 N–H and O–H groups in total. The molecule has 0 aromatic heterocycles. The normalized spacial score (nSPS) is 31.7. The van der Waals surface area contributed by atoms with Crippen molar-refractivity contribution in [2.75, 3.05) is 26.4 Å². The van der Waals surface area contributed by atoms with Crippen LogP contribution in [0, 0.1) is 11.8 Å². The van der Waals surface area contributed by atoms with Crippen LogP contribution in [0.15, 0.2) is 0 Å². The van der Waals surface area contributed by atoms with Gasteiger partial charge >= 0.3 is 0 Å². The van der Waals surface area contributed by atoms with Crippen molar-refractivity contribution in [3.63, 3.8) is 0 Å². The minimum absolute atomic E-state index is 0.126. The Bertz CT molecular complexity index is 188. The van der Waals surface area contributed by atoms with Gasteiger partial charge in [0.1, 0.15) is 0 Å². The van der Waals surface area contributed by atoms with Gasteiger partial charge in [0.15, 0.2) is 0 Å². The summed E-state index contributed by atoms with van der Waals surface area (Å²) in [4.78, 5) is 0. The summed E-state index contributed by atoms with van der Waals surface area (Å²) in [5.74, 6) is 1.34. The van der Waals surface area contributed by atoms with Crippen molar-refractivity contribution in [2.45, 2.75) is 31.7 Å². The summed E-state index contributed by atoms with van der Waals surface area (Å²) in [6.45, 7) is 5.05. The second-order valence-corrected chi connectivity index (χ2v) is 4.96. The molecule has 2 atom stereocenters. The van der Waals surface area contributed by atoms with Crippen LogP contribution in [-0.2, 0) is 4.74 Å². The van der Waals surface area contributed by atoms with Crippen LogP contribution < -0.4 is 5.32 Å². The minimum Gasteiger partial charge on any atom is -0.394 e. The van der Waals surface area contributed by atoms with Gasteiger partial charge in [0.25, 0.3) is 0 Å². The average molecular weight is 199 g/mol. The first-order valence-electron chi connectivity index (χ1n) is 5.68. The van der Waals surface area contributed by atoms with E-state index in [-0.39, 0.29) is 12.1 Å². The Labute approximate surface area is 85.8 Å². The predicted octanol–water partition coefficient (Wildman–Crippen LogP) is 0.773. The maximum atomic E-state index is 9.46. The van der Waals surface area contributed by atoms with E-state index in [0.717, 1.165) is 32.1 Å². The van der Waals surface area contributed by atoms with Crippen molar-refractivity contribution in [1.82, 2.24) is 5.32 Å². The van der Waals surface area contributed by atoms with Crippen molar-refractivity contribution < 1.29 is 9.84 Å². The van der Waals surface area contributed by atoms with Gasteiger partial charge in [0.2, 0.25) is 0 Å². The van der Waals surface area contributed by atoms with Crippen molar-refractivity contribution in [3.05, 3.63) is 0 Å². The number of nitrogens with one attached hydrogen (secondary N) is 1. The molecule has 0 spiro atoms. The van der Waals surface area contributed by atoms with E-state index in [1.165, 1.54) is 12.8 Å². The summed E-state index contributed by atoms with van der Waals surface area (Å²) in [5, 5.41) is 13.0. The fraction of sp³-hybridized carbons (Fsp3) is 1.00. The van der Waals surface area contributed by atoms with Gasteiger partial charge in [-0.1, -0.05) is 0 Å². The zero-order valence-electron chi connectivity index (χ0n) is 8.96. The molecular weight excluding hydrogens is 178 g/mol. The van der Waals surface area contributed by atoms with E-state index in [4.69, 9.17) is 4.74 Å². The van der Waals surface area contributed by atoms with Gasteiger partial charge in [0.05, 0.1) is 13.2 Å². The van der Waals surface area contributed by atoms with Crippen molar-refractivity contribution in [2.24, 2.45) is 11.8 Å². The lowest BCUT2D eigenvalue weighted by molar-refractivity contribution is 0.0993. The van der Waals surface area contributed by atoms with E-state index in [2.05, 4.69) is 12.2 Å². The van der Waals surface area contributed by atoms with E-state index in [9.17, 15) is 5.11 Å². The lowest BCUT2D eigenvalue weighted by Gasteiger charge is -2.34. The highest BCUT2D eigenvalue weighted by Crippen LogP contribution is 2.30. The average Bonchev–Trinajstić information content (AvgIpc) is 2.87. The van der Waals surface area contributed by atoms with Gasteiger partial charge in [-0.15, -0.1) is 0 Å². The Balaban J connectivity index is 1.85. The fourth-order valence-corrected chi connectivity index (χ4v) is 2.07. The SMILES string of the molecule is CC(CO)(NCC1CC1)C1CCOC1. The Morgan fingerprint density at radius 1 is 1.43 bits per heavy atom. The highest BCUT2D eigenvalue weighted by atomic mass is 16.5. The van der Waals surface area contributed by atoms with Gasteiger partial charge in [0, 0.05) is 18.1 Å². The summed E-state index contributed by atoms with van der Waals surface area (Å²) in [6.07, 6.45) is 3.79. The Hall–Kier alpha value is -0.120. The molecule has 0 bridgehead atoms. The van der Waals surface area contributed by atoms with Crippen molar-refractivity contribution in [1.29, 1.82) is 0 Å². The summed E-state index contributed by atoms with van der Waals surface area (Å²) in [7, 11) is 0. The zero-order chi connectivity index (χ0) is 10.0. The summed E-state index contributed by atoms with van der Waals surface area (Å²) in [5.41, 5.74) is -0.126. The monoisotopic (exact) mass is 199 g/mol. The first kappa shape index (κ1) is 10.4. The molecule has 0 amide bonds. The largest absolute Gasteiger partial charge is 0.394 e. The zero-order valence-corrected chi connectivity index (χ0v) is 8.96. The lowest BCUT2D eigenvalue weighted by atomic mass is 9.85. The van der Waals surface area contributed by atoms with Crippen LogP contribution in [0.2, 0.25) is 0 Å². The summed E-state index contributed by atoms with van der Waals surface area (Å²) in [6, 6.07) is 0. The van der Waals surface area contributed by atoms with Crippen molar-refractivity contribution in [3.8, 4) is 0 Å².